The summed E-state index contributed by atoms with van der Waals surface area (Å²) in [4.78, 5) is 41.6. The van der Waals surface area contributed by atoms with Crippen LogP contribution in [0.2, 0.25) is 0 Å². The van der Waals surface area contributed by atoms with E-state index < -0.39 is 88.9 Å². The molecular weight excluding hydrogens is 851 g/mol. The highest BCUT2D eigenvalue weighted by Crippen LogP contribution is 2.38. The summed E-state index contributed by atoms with van der Waals surface area (Å²) in [6.07, 6.45) is -13.3. The lowest BCUT2D eigenvalue weighted by Crippen LogP contribution is -2.67. The zero-order valence-corrected chi connectivity index (χ0v) is 34.8. The van der Waals surface area contributed by atoms with E-state index in [0.29, 0.717) is 5.56 Å². The van der Waals surface area contributed by atoms with Gasteiger partial charge in [-0.15, -0.1) is 0 Å². The van der Waals surface area contributed by atoms with Crippen LogP contribution in [-0.4, -0.2) is 103 Å². The Morgan fingerprint density at radius 1 is 0.717 bits per heavy atom. The molecule has 2 aliphatic rings. The summed E-state index contributed by atoms with van der Waals surface area (Å²) < 4.78 is 57.7. The lowest BCUT2D eigenvalue weighted by molar-refractivity contribution is -0.343. The van der Waals surface area contributed by atoms with Crippen molar-refractivity contribution >= 4 is 58.6 Å². The average molecular weight is 894 g/mol. The summed E-state index contributed by atoms with van der Waals surface area (Å²) >= 11 is 17.8. The predicted octanol–water partition coefficient (Wildman–Crippen LogP) is 6.29. The zero-order chi connectivity index (χ0) is 43.2. The number of azide groups is 1. The molecule has 0 unspecified atom stereocenters. The number of carbonyl (C=O) groups excluding carboxylic acids is 3. The van der Waals surface area contributed by atoms with E-state index in [0.717, 1.165) is 25.2 Å². The smallest absolute Gasteiger partial charge is 0.338 e. The fraction of sp³-hybridized carbons (Fsp3) is 0.450. The normalized spacial score (nSPS) is 26.5. The maximum absolute atomic E-state index is 13.6. The number of nitrogens with one attached hydrogen (secondary N) is 1. The number of ether oxygens (including phenoxy) is 10. The molecule has 3 aromatic carbocycles. The largest absolute Gasteiger partial charge is 0.467 e. The number of rotatable bonds is 17. The first-order valence-corrected chi connectivity index (χ1v) is 19.6. The van der Waals surface area contributed by atoms with Gasteiger partial charge in [0.25, 0.3) is 3.79 Å². The second kappa shape index (κ2) is 22.4. The summed E-state index contributed by atoms with van der Waals surface area (Å²) in [5.41, 5.74) is 12.2. The number of methoxy groups -OCH3 is 1. The van der Waals surface area contributed by atoms with E-state index in [2.05, 4.69) is 10.0 Å². The van der Waals surface area contributed by atoms with Gasteiger partial charge in [0.1, 0.15) is 43.2 Å². The molecule has 3 aromatic rings. The average Bonchev–Trinajstić information content (AvgIpc) is 3.23. The van der Waals surface area contributed by atoms with E-state index in [9.17, 15) is 19.9 Å². The van der Waals surface area contributed by atoms with Gasteiger partial charge in [0, 0.05) is 18.8 Å². The van der Waals surface area contributed by atoms with Crippen LogP contribution in [0.25, 0.3) is 10.4 Å². The van der Waals surface area contributed by atoms with Crippen LogP contribution in [0.15, 0.2) is 96.1 Å². The second-order valence-electron chi connectivity index (χ2n) is 13.4. The third kappa shape index (κ3) is 13.0. The predicted molar refractivity (Wildman–Crippen MR) is 213 cm³/mol. The molecule has 0 aromatic heterocycles. The quantitative estimate of drug-likeness (QED) is 0.0231. The molecule has 17 nitrogen and oxygen atoms in total. The van der Waals surface area contributed by atoms with Gasteiger partial charge < -0.3 is 47.4 Å². The lowest BCUT2D eigenvalue weighted by atomic mass is 9.95. The molecule has 2 heterocycles. The van der Waals surface area contributed by atoms with E-state index in [4.69, 9.17) is 87.6 Å². The van der Waals surface area contributed by atoms with Gasteiger partial charge in [0.2, 0.25) is 12.2 Å². The van der Waals surface area contributed by atoms with E-state index in [-0.39, 0.29) is 26.4 Å². The molecule has 0 spiro atoms. The summed E-state index contributed by atoms with van der Waals surface area (Å²) in [6.45, 7) is 1.85. The monoisotopic (exact) mass is 892 g/mol. The minimum Gasteiger partial charge on any atom is -0.467 e. The summed E-state index contributed by atoms with van der Waals surface area (Å²) in [7, 11) is 1.08. The van der Waals surface area contributed by atoms with Gasteiger partial charge >= 0.3 is 17.9 Å². The zero-order valence-electron chi connectivity index (χ0n) is 32.5. The Morgan fingerprint density at radius 2 is 1.23 bits per heavy atom. The van der Waals surface area contributed by atoms with Crippen molar-refractivity contribution in [3.8, 4) is 0 Å². The van der Waals surface area contributed by atoms with E-state index >= 15 is 0 Å². The molecule has 20 heteroatoms. The third-order valence-electron chi connectivity index (χ3n) is 9.12. The molecule has 0 amide bonds. The van der Waals surface area contributed by atoms with Crippen molar-refractivity contribution < 1.29 is 61.8 Å². The minimum absolute atomic E-state index is 0.00397. The van der Waals surface area contributed by atoms with Crippen molar-refractivity contribution in [2.24, 2.45) is 5.11 Å². The van der Waals surface area contributed by atoms with Crippen molar-refractivity contribution in [1.82, 2.24) is 0 Å². The van der Waals surface area contributed by atoms with E-state index in [1.165, 1.54) is 6.92 Å². The molecule has 2 fully saturated rings. The Morgan fingerprint density at radius 3 is 1.70 bits per heavy atom. The highest BCUT2D eigenvalue weighted by Gasteiger charge is 2.57. The Kier molecular flexibility index (Phi) is 17.3. The fourth-order valence-electron chi connectivity index (χ4n) is 6.42. The summed E-state index contributed by atoms with van der Waals surface area (Å²) in [5, 5.41) is 12.3. The van der Waals surface area contributed by atoms with Crippen LogP contribution in [0, 0.1) is 5.41 Å². The van der Waals surface area contributed by atoms with Gasteiger partial charge in [-0.1, -0.05) is 131 Å². The standard InChI is InChI=1S/C40H43Cl3N4O13/c1-23(48)52-22-28-30(53-19-25-13-7-4-8-14-25)31(54-20-26-15-9-5-10-16-26)29(46-47-45)37(57-28)58-33-32(55-21-27-17-11-6-12-18-27)35(56-24(2)49)38(59-34(33)36(50)51-3)60-39(44)40(41,42)43/h4-18,28-35,37-38,44H,19-22H2,1-3H3/t28-,29-,30-,31-,32+,33+,34-,35-,37-,38+/m1/s1. The highest BCUT2D eigenvalue weighted by atomic mass is 35.6. The van der Waals surface area contributed by atoms with Gasteiger partial charge in [-0.3, -0.25) is 15.0 Å². The van der Waals surface area contributed by atoms with Crippen molar-refractivity contribution in [1.29, 1.82) is 5.41 Å². The molecule has 2 saturated heterocycles. The van der Waals surface area contributed by atoms with Crippen molar-refractivity contribution in [3.63, 3.8) is 0 Å². The number of halogens is 3. The number of carbonyl (C=O) groups is 3. The Hall–Kier alpha value is -4.52. The molecule has 60 heavy (non-hydrogen) atoms. The van der Waals surface area contributed by atoms with Gasteiger partial charge in [-0.2, -0.15) is 0 Å². The molecule has 0 aliphatic carbocycles. The highest BCUT2D eigenvalue weighted by molar-refractivity contribution is 6.76. The lowest BCUT2D eigenvalue weighted by Gasteiger charge is -2.48. The number of benzene rings is 3. The maximum atomic E-state index is 13.6. The van der Waals surface area contributed by atoms with Gasteiger partial charge in [0.05, 0.1) is 26.9 Å². The van der Waals surface area contributed by atoms with Gasteiger partial charge in [0.15, 0.2) is 18.5 Å². The summed E-state index contributed by atoms with van der Waals surface area (Å²) in [6, 6.07) is 25.8. The van der Waals surface area contributed by atoms with Crippen molar-refractivity contribution in [2.75, 3.05) is 13.7 Å². The molecule has 5 rings (SSSR count). The van der Waals surface area contributed by atoms with E-state index in [1.807, 2.05) is 60.7 Å². The Labute approximate surface area is 360 Å². The first-order valence-electron chi connectivity index (χ1n) is 18.5. The number of esters is 3. The van der Waals surface area contributed by atoms with Crippen LogP contribution in [0.3, 0.4) is 0 Å². The van der Waals surface area contributed by atoms with Crippen molar-refractivity contribution in [2.45, 2.75) is 98.8 Å². The second-order valence-corrected chi connectivity index (χ2v) is 15.7. The summed E-state index contributed by atoms with van der Waals surface area (Å²) in [5.74, 6) is -3.45. The molecule has 0 bridgehead atoms. The maximum Gasteiger partial charge on any atom is 0.338 e. The molecule has 0 radical (unpaired) electrons. The van der Waals surface area contributed by atoms with Crippen LogP contribution in [0.5, 0.6) is 0 Å². The molecular formula is C40H43Cl3N4O13. The third-order valence-corrected chi connectivity index (χ3v) is 9.63. The molecule has 2 aliphatic heterocycles. The minimum atomic E-state index is -2.40. The van der Waals surface area contributed by atoms with Crippen LogP contribution < -0.4 is 0 Å². The fourth-order valence-corrected chi connectivity index (χ4v) is 6.55. The molecule has 322 valence electrons. The van der Waals surface area contributed by atoms with Crippen LogP contribution in [-0.2, 0) is 81.6 Å². The molecule has 10 atom stereocenters. The Bertz CT molecular complexity index is 1930. The molecule has 1 N–H and O–H groups in total. The van der Waals surface area contributed by atoms with Crippen molar-refractivity contribution in [3.05, 3.63) is 118 Å². The number of hydrogen-bond donors (Lipinski definition) is 1. The number of hydrogen-bond acceptors (Lipinski definition) is 15. The van der Waals surface area contributed by atoms with Gasteiger partial charge in [-0.05, 0) is 22.2 Å². The van der Waals surface area contributed by atoms with Crippen LogP contribution >= 0.6 is 34.8 Å². The number of nitrogens with zero attached hydrogens (tertiary/aromatic N) is 3. The first-order chi connectivity index (χ1) is 28.8. The number of alkyl halides is 3. The molecule has 0 saturated carbocycles. The van der Waals surface area contributed by atoms with Crippen LogP contribution in [0.1, 0.15) is 30.5 Å². The Balaban J connectivity index is 1.60. The van der Waals surface area contributed by atoms with E-state index in [1.54, 1.807) is 30.3 Å². The topological polar surface area (TPSA) is 216 Å². The first kappa shape index (κ1) is 46.5. The van der Waals surface area contributed by atoms with Gasteiger partial charge in [-0.25, -0.2) is 4.79 Å². The SMILES string of the molecule is COC(=O)[C@@H]1O[C@@H](OC(=N)C(Cl)(Cl)Cl)[C@H](OC(C)=O)[C@@H](OCc2ccccc2)[C@@H]1O[C@H]1O[C@H](COC(C)=O)[C@@H](OCc2ccccc2)[C@H](OCc2ccccc2)[C@H]1N=[N+]=[N-]. The van der Waals surface area contributed by atoms with Crippen LogP contribution in [0.4, 0.5) is 0 Å².